The predicted molar refractivity (Wildman–Crippen MR) is 142 cm³/mol. The van der Waals surface area contributed by atoms with Gasteiger partial charge in [-0.25, -0.2) is 14.2 Å². The van der Waals surface area contributed by atoms with E-state index in [2.05, 4.69) is 27.0 Å². The Kier molecular flexibility index (Phi) is 7.19. The first-order valence-electron chi connectivity index (χ1n) is 13.3. The van der Waals surface area contributed by atoms with Crippen LogP contribution in [0.25, 0.3) is 16.8 Å². The average molecular weight is 546 g/mol. The molecule has 1 N–H and O–H groups in total. The van der Waals surface area contributed by atoms with Crippen LogP contribution in [0.5, 0.6) is 5.88 Å². The van der Waals surface area contributed by atoms with Gasteiger partial charge >= 0.3 is 5.97 Å². The number of furan rings is 1. The van der Waals surface area contributed by atoms with E-state index >= 15 is 0 Å². The normalized spacial score (nSPS) is 21.2. The van der Waals surface area contributed by atoms with Gasteiger partial charge in [-0.05, 0) is 37.0 Å². The summed E-state index contributed by atoms with van der Waals surface area (Å²) in [6, 6.07) is 9.14. The van der Waals surface area contributed by atoms with Crippen molar-refractivity contribution in [2.24, 2.45) is 5.92 Å². The molecule has 1 aliphatic carbocycles. The Morgan fingerprint density at radius 1 is 1.30 bits per heavy atom. The number of aromatic nitrogens is 3. The smallest absolute Gasteiger partial charge is 0.371 e. The molecule has 3 aromatic heterocycles. The molecule has 10 nitrogen and oxygen atoms in total. The van der Waals surface area contributed by atoms with Crippen LogP contribution in [0.4, 0.5) is 4.39 Å². The quantitative estimate of drug-likeness (QED) is 0.413. The first-order chi connectivity index (χ1) is 19.5. The van der Waals surface area contributed by atoms with Crippen molar-refractivity contribution < 1.29 is 28.2 Å². The fraction of sp³-hybridized carbons (Fsp3) is 0.379. The van der Waals surface area contributed by atoms with Gasteiger partial charge in [-0.3, -0.25) is 4.90 Å². The summed E-state index contributed by atoms with van der Waals surface area (Å²) in [6.45, 7) is 3.46. The molecule has 1 fully saturated rings. The largest absolute Gasteiger partial charge is 0.475 e. The lowest BCUT2D eigenvalue weighted by Gasteiger charge is -2.29. The second-order valence-corrected chi connectivity index (χ2v) is 10.1. The molecule has 0 aromatic carbocycles. The summed E-state index contributed by atoms with van der Waals surface area (Å²) in [4.78, 5) is 22.9. The third-order valence-electron chi connectivity index (χ3n) is 7.44. The zero-order valence-electron chi connectivity index (χ0n) is 21.8. The van der Waals surface area contributed by atoms with E-state index in [4.69, 9.17) is 19.2 Å². The molecule has 0 amide bonds. The molecule has 3 aromatic rings. The fourth-order valence-electron chi connectivity index (χ4n) is 5.07. The molecule has 1 saturated heterocycles. The highest BCUT2D eigenvalue weighted by atomic mass is 19.1. The molecule has 11 heteroatoms. The molecular formula is C29H28FN5O5. The van der Waals surface area contributed by atoms with Gasteiger partial charge in [-0.2, -0.15) is 10.2 Å². The minimum Gasteiger partial charge on any atom is -0.475 e. The summed E-state index contributed by atoms with van der Waals surface area (Å²) in [5, 5.41) is 18.3. The van der Waals surface area contributed by atoms with Gasteiger partial charge in [0.1, 0.15) is 23.8 Å². The SMILES string of the molecule is N#CC1C=C(F)C(COc2cccc(C3=CCN(Cc4nc5oc(C(=O)O)cc5n4CC4CCO4)CC3)n2)=CC1. The van der Waals surface area contributed by atoms with Crippen LogP contribution in [0.3, 0.4) is 0 Å². The maximum Gasteiger partial charge on any atom is 0.371 e. The number of hydrogen-bond donors (Lipinski definition) is 1. The zero-order valence-corrected chi connectivity index (χ0v) is 21.8. The summed E-state index contributed by atoms with van der Waals surface area (Å²) in [7, 11) is 0. The minimum atomic E-state index is -1.12. The molecule has 3 aliphatic rings. The number of allylic oxidation sites excluding steroid dienone is 2. The Morgan fingerprint density at radius 2 is 2.17 bits per heavy atom. The van der Waals surface area contributed by atoms with Crippen LogP contribution in [-0.4, -0.2) is 62.9 Å². The van der Waals surface area contributed by atoms with E-state index in [0.29, 0.717) is 48.7 Å². The number of pyridine rings is 1. The number of carbonyl (C=O) groups is 1. The number of rotatable bonds is 9. The number of nitriles is 1. The number of ether oxygens (including phenoxy) is 2. The Morgan fingerprint density at radius 3 is 2.88 bits per heavy atom. The van der Waals surface area contributed by atoms with Crippen molar-refractivity contribution >= 4 is 22.8 Å². The highest BCUT2D eigenvalue weighted by Crippen LogP contribution is 2.28. The van der Waals surface area contributed by atoms with Gasteiger partial charge in [-0.15, -0.1) is 0 Å². The first-order valence-corrected chi connectivity index (χ1v) is 13.3. The number of nitrogens with zero attached hydrogens (tertiary/aromatic N) is 5. The Bertz CT molecular complexity index is 1570. The summed E-state index contributed by atoms with van der Waals surface area (Å²) in [5.41, 5.74) is 3.34. The molecule has 0 radical (unpaired) electrons. The second kappa shape index (κ2) is 11.1. The summed E-state index contributed by atoms with van der Waals surface area (Å²) in [6.07, 6.45) is 7.48. The van der Waals surface area contributed by atoms with Crippen LogP contribution in [0.1, 0.15) is 41.3 Å². The van der Waals surface area contributed by atoms with Crippen molar-refractivity contribution in [3.63, 3.8) is 0 Å². The lowest BCUT2D eigenvalue weighted by Crippen LogP contribution is -2.33. The number of imidazole rings is 1. The van der Waals surface area contributed by atoms with E-state index < -0.39 is 17.7 Å². The van der Waals surface area contributed by atoms with Gasteiger partial charge in [0.2, 0.25) is 17.4 Å². The molecule has 40 heavy (non-hydrogen) atoms. The van der Waals surface area contributed by atoms with E-state index in [1.165, 1.54) is 12.1 Å². The molecule has 0 saturated carbocycles. The molecule has 6 rings (SSSR count). The van der Waals surface area contributed by atoms with Gasteiger partial charge in [-0.1, -0.05) is 18.2 Å². The van der Waals surface area contributed by atoms with Crippen molar-refractivity contribution in [1.29, 1.82) is 5.26 Å². The lowest BCUT2D eigenvalue weighted by molar-refractivity contribution is -0.0591. The number of fused-ring (bicyclic) bond motifs is 1. The number of carboxylic acid groups (broad SMARTS) is 1. The standard InChI is InChI=1S/C29H28FN5O5/c30-22-12-18(14-31)4-5-20(22)17-39-27-3-1-2-23(32-27)19-6-9-34(10-7-19)16-26-33-28-24(13-25(40-28)29(36)37)35(26)15-21-8-11-38-21/h1-3,5-6,12-13,18,21H,4,7-11,15-17H2,(H,36,37). The van der Waals surface area contributed by atoms with Crippen molar-refractivity contribution in [1.82, 2.24) is 19.4 Å². The Balaban J connectivity index is 1.11. The topological polar surface area (TPSA) is 127 Å². The van der Waals surface area contributed by atoms with Crippen LogP contribution in [0.15, 0.2) is 58.3 Å². The van der Waals surface area contributed by atoms with Gasteiger partial charge in [0.15, 0.2) is 0 Å². The molecule has 2 unspecified atom stereocenters. The van der Waals surface area contributed by atoms with E-state index in [-0.39, 0.29) is 18.5 Å². The van der Waals surface area contributed by atoms with E-state index in [0.717, 1.165) is 43.1 Å². The van der Waals surface area contributed by atoms with Crippen LogP contribution in [0, 0.1) is 17.2 Å². The van der Waals surface area contributed by atoms with Gasteiger partial charge in [0.05, 0.1) is 36.9 Å². The summed E-state index contributed by atoms with van der Waals surface area (Å²) < 4.78 is 33.1. The number of hydrogen-bond acceptors (Lipinski definition) is 8. The van der Waals surface area contributed by atoms with Crippen molar-refractivity contribution in [3.8, 4) is 11.9 Å². The van der Waals surface area contributed by atoms with Crippen LogP contribution < -0.4 is 4.74 Å². The highest BCUT2D eigenvalue weighted by Gasteiger charge is 2.26. The maximum absolute atomic E-state index is 14.2. The molecular weight excluding hydrogens is 517 g/mol. The van der Waals surface area contributed by atoms with E-state index in [9.17, 15) is 14.3 Å². The average Bonchev–Trinajstić information content (AvgIpc) is 3.49. The minimum absolute atomic E-state index is 0.0547. The number of aromatic carboxylic acids is 1. The van der Waals surface area contributed by atoms with Crippen LogP contribution >= 0.6 is 0 Å². The number of halogens is 1. The highest BCUT2D eigenvalue weighted by molar-refractivity contribution is 5.89. The van der Waals surface area contributed by atoms with Crippen molar-refractivity contribution in [3.05, 3.63) is 71.2 Å². The Labute approximate surface area is 229 Å². The van der Waals surface area contributed by atoms with E-state index in [1.54, 1.807) is 12.1 Å². The summed E-state index contributed by atoms with van der Waals surface area (Å²) in [5.74, 6) is -0.866. The van der Waals surface area contributed by atoms with Crippen molar-refractivity contribution in [2.45, 2.75) is 38.5 Å². The third kappa shape index (κ3) is 5.41. The number of carboxylic acids is 1. The zero-order chi connectivity index (χ0) is 27.6. The van der Waals surface area contributed by atoms with Gasteiger partial charge in [0, 0.05) is 37.4 Å². The monoisotopic (exact) mass is 545 g/mol. The molecule has 2 aliphatic heterocycles. The van der Waals surface area contributed by atoms with E-state index in [1.807, 2.05) is 16.7 Å². The van der Waals surface area contributed by atoms with Gasteiger partial charge in [0.25, 0.3) is 0 Å². The predicted octanol–water partition coefficient (Wildman–Crippen LogP) is 4.50. The fourth-order valence-corrected chi connectivity index (χ4v) is 5.07. The van der Waals surface area contributed by atoms with Crippen molar-refractivity contribution in [2.75, 3.05) is 26.3 Å². The molecule has 2 atom stereocenters. The molecule has 0 spiro atoms. The summed E-state index contributed by atoms with van der Waals surface area (Å²) >= 11 is 0. The molecule has 0 bridgehead atoms. The first kappa shape index (κ1) is 26.0. The Hall–Kier alpha value is -4.27. The van der Waals surface area contributed by atoms with Crippen LogP contribution in [0.2, 0.25) is 0 Å². The van der Waals surface area contributed by atoms with Gasteiger partial charge < -0.3 is 23.6 Å². The molecule has 206 valence electrons. The maximum atomic E-state index is 14.2. The third-order valence-corrected chi connectivity index (χ3v) is 7.44. The molecule has 5 heterocycles. The second-order valence-electron chi connectivity index (χ2n) is 10.1. The van der Waals surface area contributed by atoms with Crippen LogP contribution in [-0.2, 0) is 17.8 Å². The lowest BCUT2D eigenvalue weighted by atomic mass is 9.97.